The molecule has 5 rings (SSSR count). The van der Waals surface area contributed by atoms with Crippen molar-refractivity contribution < 1.29 is 4.79 Å². The predicted molar refractivity (Wildman–Crippen MR) is 152 cm³/mol. The van der Waals surface area contributed by atoms with Crippen LogP contribution in [0.1, 0.15) is 56.6 Å². The fourth-order valence-corrected chi connectivity index (χ4v) is 4.59. The van der Waals surface area contributed by atoms with Gasteiger partial charge in [0.1, 0.15) is 0 Å². The Balaban J connectivity index is 1.70. The standard InChI is InChI=1S/C30H33N7O/c1-18(2)24-13-23(19-10-11-22(29(31)38)25(12-19)35-30(3,4)5)21-8-7-9-27(28(21)34-24)37-16-26(32-17-37)20-14-33-36(6)15-20/h7-18,35H,1-6H3,(H2,31,38). The van der Waals surface area contributed by atoms with E-state index in [0.717, 1.165) is 44.7 Å². The number of aromatic nitrogens is 5. The second-order valence-corrected chi connectivity index (χ2v) is 11.0. The van der Waals surface area contributed by atoms with E-state index in [4.69, 9.17) is 10.7 Å². The highest BCUT2D eigenvalue weighted by Gasteiger charge is 2.19. The van der Waals surface area contributed by atoms with E-state index in [9.17, 15) is 4.79 Å². The summed E-state index contributed by atoms with van der Waals surface area (Å²) < 4.78 is 3.77. The van der Waals surface area contributed by atoms with Gasteiger partial charge in [0.15, 0.2) is 0 Å². The van der Waals surface area contributed by atoms with Crippen molar-refractivity contribution in [2.45, 2.75) is 46.1 Å². The molecule has 0 aliphatic carbocycles. The molecule has 3 N–H and O–H groups in total. The Hall–Kier alpha value is -4.46. The van der Waals surface area contributed by atoms with Crippen LogP contribution in [0.4, 0.5) is 5.69 Å². The van der Waals surface area contributed by atoms with Gasteiger partial charge in [0.05, 0.1) is 35.0 Å². The molecule has 3 aromatic heterocycles. The summed E-state index contributed by atoms with van der Waals surface area (Å²) in [5, 5.41) is 8.73. The van der Waals surface area contributed by atoms with Crippen LogP contribution in [0, 0.1) is 0 Å². The van der Waals surface area contributed by atoms with Crippen LogP contribution in [-0.4, -0.2) is 35.8 Å². The lowest BCUT2D eigenvalue weighted by Gasteiger charge is -2.24. The summed E-state index contributed by atoms with van der Waals surface area (Å²) in [6.07, 6.45) is 7.57. The Morgan fingerprint density at radius 3 is 2.50 bits per heavy atom. The molecular weight excluding hydrogens is 474 g/mol. The molecule has 194 valence electrons. The van der Waals surface area contributed by atoms with Gasteiger partial charge in [-0.3, -0.25) is 14.5 Å². The number of nitrogens with zero attached hydrogens (tertiary/aromatic N) is 5. The molecule has 0 saturated carbocycles. The highest BCUT2D eigenvalue weighted by Crippen LogP contribution is 2.36. The maximum atomic E-state index is 12.2. The molecule has 0 unspecified atom stereocenters. The highest BCUT2D eigenvalue weighted by molar-refractivity contribution is 6.02. The monoisotopic (exact) mass is 507 g/mol. The van der Waals surface area contributed by atoms with Crippen molar-refractivity contribution >= 4 is 22.5 Å². The van der Waals surface area contributed by atoms with Crippen LogP contribution in [0.5, 0.6) is 0 Å². The number of primary amides is 1. The zero-order chi connectivity index (χ0) is 27.2. The molecule has 38 heavy (non-hydrogen) atoms. The lowest BCUT2D eigenvalue weighted by Crippen LogP contribution is -2.28. The van der Waals surface area contributed by atoms with Gasteiger partial charge in [-0.15, -0.1) is 0 Å². The van der Waals surface area contributed by atoms with Crippen LogP contribution >= 0.6 is 0 Å². The predicted octanol–water partition coefficient (Wildman–Crippen LogP) is 5.92. The van der Waals surface area contributed by atoms with Crippen molar-refractivity contribution in [1.82, 2.24) is 24.3 Å². The summed E-state index contributed by atoms with van der Waals surface area (Å²) >= 11 is 0. The average Bonchev–Trinajstić information content (AvgIpc) is 3.51. The topological polar surface area (TPSA) is 104 Å². The molecular formula is C30H33N7O. The zero-order valence-electron chi connectivity index (χ0n) is 22.6. The van der Waals surface area contributed by atoms with E-state index < -0.39 is 5.91 Å². The van der Waals surface area contributed by atoms with Gasteiger partial charge < -0.3 is 15.6 Å². The van der Waals surface area contributed by atoms with Crippen molar-refractivity contribution in [2.24, 2.45) is 12.8 Å². The largest absolute Gasteiger partial charge is 0.380 e. The second kappa shape index (κ2) is 9.45. The van der Waals surface area contributed by atoms with E-state index in [1.54, 1.807) is 10.7 Å². The minimum absolute atomic E-state index is 0.219. The maximum Gasteiger partial charge on any atom is 0.250 e. The first-order valence-electron chi connectivity index (χ1n) is 12.7. The molecule has 8 nitrogen and oxygen atoms in total. The molecule has 0 aliphatic heterocycles. The zero-order valence-corrected chi connectivity index (χ0v) is 22.6. The molecule has 0 fully saturated rings. The van der Waals surface area contributed by atoms with Gasteiger partial charge in [-0.25, -0.2) is 4.98 Å². The van der Waals surface area contributed by atoms with Crippen molar-refractivity contribution in [1.29, 1.82) is 0 Å². The number of nitrogens with two attached hydrogens (primary N) is 1. The first kappa shape index (κ1) is 25.2. The minimum Gasteiger partial charge on any atom is -0.380 e. The van der Waals surface area contributed by atoms with Crippen molar-refractivity contribution in [3.63, 3.8) is 0 Å². The van der Waals surface area contributed by atoms with Gasteiger partial charge in [-0.2, -0.15) is 5.10 Å². The normalized spacial score (nSPS) is 11.9. The van der Waals surface area contributed by atoms with Crippen molar-refractivity contribution in [3.8, 4) is 28.1 Å². The Kier molecular flexibility index (Phi) is 6.26. The minimum atomic E-state index is -0.461. The number of hydrogen-bond donors (Lipinski definition) is 2. The number of fused-ring (bicyclic) bond motifs is 1. The Bertz CT molecular complexity index is 1650. The number of amides is 1. The number of benzene rings is 2. The van der Waals surface area contributed by atoms with E-state index in [1.165, 1.54) is 0 Å². The molecule has 0 bridgehead atoms. The number of hydrogen-bond acceptors (Lipinski definition) is 5. The number of carbonyl (C=O) groups is 1. The second-order valence-electron chi connectivity index (χ2n) is 11.0. The van der Waals surface area contributed by atoms with Crippen LogP contribution in [0.3, 0.4) is 0 Å². The molecule has 0 spiro atoms. The Morgan fingerprint density at radius 1 is 1.05 bits per heavy atom. The Labute approximate surface area is 222 Å². The van der Waals surface area contributed by atoms with Gasteiger partial charge >= 0.3 is 0 Å². The maximum absolute atomic E-state index is 12.2. The number of rotatable bonds is 6. The van der Waals surface area contributed by atoms with E-state index in [-0.39, 0.29) is 11.5 Å². The fraction of sp³-hybridized carbons (Fsp3) is 0.267. The molecule has 0 radical (unpaired) electrons. The van der Waals surface area contributed by atoms with E-state index in [1.807, 2.05) is 54.7 Å². The van der Waals surface area contributed by atoms with Gasteiger partial charge in [-0.1, -0.05) is 32.0 Å². The van der Waals surface area contributed by atoms with Gasteiger partial charge in [-0.05, 0) is 62.1 Å². The first-order valence-corrected chi connectivity index (χ1v) is 12.7. The quantitative estimate of drug-likeness (QED) is 0.297. The fourth-order valence-electron chi connectivity index (χ4n) is 4.59. The van der Waals surface area contributed by atoms with Crippen molar-refractivity contribution in [2.75, 3.05) is 5.32 Å². The number of para-hydroxylation sites is 1. The number of aryl methyl sites for hydroxylation is 1. The first-order chi connectivity index (χ1) is 18.0. The Morgan fingerprint density at radius 2 is 1.84 bits per heavy atom. The van der Waals surface area contributed by atoms with Crippen LogP contribution < -0.4 is 11.1 Å². The third kappa shape index (κ3) is 4.89. The van der Waals surface area contributed by atoms with Crippen molar-refractivity contribution in [3.05, 3.63) is 78.6 Å². The average molecular weight is 508 g/mol. The van der Waals surface area contributed by atoms with Crippen LogP contribution in [-0.2, 0) is 7.05 Å². The molecule has 8 heteroatoms. The molecule has 5 aromatic rings. The van der Waals surface area contributed by atoms with E-state index in [0.29, 0.717) is 11.3 Å². The van der Waals surface area contributed by atoms with Gasteiger partial charge in [0, 0.05) is 47.3 Å². The van der Waals surface area contributed by atoms with E-state index >= 15 is 0 Å². The van der Waals surface area contributed by atoms with Gasteiger partial charge in [0.2, 0.25) is 0 Å². The third-order valence-electron chi connectivity index (χ3n) is 6.40. The summed E-state index contributed by atoms with van der Waals surface area (Å²) in [7, 11) is 1.89. The lowest BCUT2D eigenvalue weighted by molar-refractivity contribution is 0.100. The summed E-state index contributed by atoms with van der Waals surface area (Å²) in [6, 6.07) is 14.1. The molecule has 3 heterocycles. The lowest BCUT2D eigenvalue weighted by atomic mass is 9.95. The number of imidazole rings is 1. The molecule has 0 atom stereocenters. The summed E-state index contributed by atoms with van der Waals surface area (Å²) in [5.74, 6) is -0.241. The highest BCUT2D eigenvalue weighted by atomic mass is 16.1. The molecule has 1 amide bonds. The molecule has 0 saturated heterocycles. The summed E-state index contributed by atoms with van der Waals surface area (Å²) in [4.78, 5) is 21.9. The van der Waals surface area contributed by atoms with E-state index in [2.05, 4.69) is 68.2 Å². The number of anilines is 1. The summed E-state index contributed by atoms with van der Waals surface area (Å²) in [5.41, 5.74) is 13.3. The molecule has 2 aromatic carbocycles. The SMILES string of the molecule is CC(C)c1cc(-c2ccc(C(N)=O)c(NC(C)(C)C)c2)c2cccc(-n3cnc(-c4cnn(C)c4)c3)c2n1. The number of nitrogens with one attached hydrogen (secondary N) is 1. The van der Waals surface area contributed by atoms with Crippen LogP contribution in [0.25, 0.3) is 39.0 Å². The summed E-state index contributed by atoms with van der Waals surface area (Å²) in [6.45, 7) is 10.4. The number of carbonyl (C=O) groups excluding carboxylic acids is 1. The number of pyridine rings is 1. The van der Waals surface area contributed by atoms with Crippen LogP contribution in [0.2, 0.25) is 0 Å². The van der Waals surface area contributed by atoms with Crippen LogP contribution in [0.15, 0.2) is 67.4 Å². The third-order valence-corrected chi connectivity index (χ3v) is 6.40. The smallest absolute Gasteiger partial charge is 0.250 e. The van der Waals surface area contributed by atoms with Gasteiger partial charge in [0.25, 0.3) is 5.91 Å². The molecule has 0 aliphatic rings.